The highest BCUT2D eigenvalue weighted by molar-refractivity contribution is 5.70. The van der Waals surface area contributed by atoms with E-state index in [1.165, 1.54) is 18.5 Å². The van der Waals surface area contributed by atoms with E-state index in [9.17, 15) is 4.39 Å². The number of halogens is 1. The lowest BCUT2D eigenvalue weighted by Gasteiger charge is -2.07. The molecular formula is C11H11FN4. The molecule has 0 saturated carbocycles. The third-order valence-electron chi connectivity index (χ3n) is 2.28. The minimum absolute atomic E-state index is 0.272. The monoisotopic (exact) mass is 218 g/mol. The van der Waals surface area contributed by atoms with Crippen LogP contribution in [-0.2, 0) is 0 Å². The largest absolute Gasteiger partial charge is 0.307 e. The van der Waals surface area contributed by atoms with Crippen LogP contribution in [0.1, 0.15) is 5.56 Å². The molecular weight excluding hydrogens is 207 g/mol. The molecule has 0 aliphatic rings. The smallest absolute Gasteiger partial charge is 0.166 e. The standard InChI is InChI=1S/C11H11FN4/c1-7-2-3-8(6-9(7)12)10-11(16-13)15-5-4-14-10/h2-6H,13H2,1H3,(H,15,16). The molecule has 0 bridgehead atoms. The first-order valence-electron chi connectivity index (χ1n) is 4.76. The van der Waals surface area contributed by atoms with Gasteiger partial charge in [-0.25, -0.2) is 15.2 Å². The Labute approximate surface area is 92.3 Å². The second-order valence-corrected chi connectivity index (χ2v) is 3.36. The predicted molar refractivity (Wildman–Crippen MR) is 60.0 cm³/mol. The molecule has 0 fully saturated rings. The first kappa shape index (κ1) is 10.5. The summed E-state index contributed by atoms with van der Waals surface area (Å²) in [6.45, 7) is 1.71. The Morgan fingerprint density at radius 2 is 2.00 bits per heavy atom. The lowest BCUT2D eigenvalue weighted by Crippen LogP contribution is -2.10. The number of nitrogens with zero attached hydrogens (tertiary/aromatic N) is 2. The van der Waals surface area contributed by atoms with Crippen molar-refractivity contribution in [1.82, 2.24) is 9.97 Å². The Bertz CT molecular complexity index is 513. The average Bonchev–Trinajstić information content (AvgIpc) is 2.32. The van der Waals surface area contributed by atoms with Crippen molar-refractivity contribution in [1.29, 1.82) is 0 Å². The maximum Gasteiger partial charge on any atom is 0.166 e. The summed E-state index contributed by atoms with van der Waals surface area (Å²) in [5.74, 6) is 5.46. The fraction of sp³-hybridized carbons (Fsp3) is 0.0909. The van der Waals surface area contributed by atoms with Gasteiger partial charge < -0.3 is 5.43 Å². The average molecular weight is 218 g/mol. The lowest BCUT2D eigenvalue weighted by atomic mass is 10.1. The highest BCUT2D eigenvalue weighted by Gasteiger charge is 2.08. The van der Waals surface area contributed by atoms with E-state index in [1.54, 1.807) is 19.1 Å². The molecule has 0 unspecified atom stereocenters. The van der Waals surface area contributed by atoms with Gasteiger partial charge in [0.25, 0.3) is 0 Å². The van der Waals surface area contributed by atoms with Crippen LogP contribution in [0.3, 0.4) is 0 Å². The maximum atomic E-state index is 13.4. The van der Waals surface area contributed by atoms with Crippen LogP contribution in [-0.4, -0.2) is 9.97 Å². The summed E-state index contributed by atoms with van der Waals surface area (Å²) in [6, 6.07) is 4.89. The molecule has 0 amide bonds. The van der Waals surface area contributed by atoms with E-state index in [-0.39, 0.29) is 5.82 Å². The summed E-state index contributed by atoms with van der Waals surface area (Å²) < 4.78 is 13.4. The minimum Gasteiger partial charge on any atom is -0.307 e. The molecule has 0 saturated heterocycles. The first-order valence-corrected chi connectivity index (χ1v) is 4.76. The number of nitrogens with one attached hydrogen (secondary N) is 1. The molecule has 16 heavy (non-hydrogen) atoms. The van der Waals surface area contributed by atoms with E-state index in [0.29, 0.717) is 22.6 Å². The van der Waals surface area contributed by atoms with Gasteiger partial charge in [0.05, 0.1) is 0 Å². The molecule has 0 spiro atoms. The molecule has 0 atom stereocenters. The quantitative estimate of drug-likeness (QED) is 0.596. The SMILES string of the molecule is Cc1ccc(-c2nccnc2NN)cc1F. The number of aryl methyl sites for hydroxylation is 1. The van der Waals surface area contributed by atoms with Gasteiger partial charge in [-0.15, -0.1) is 0 Å². The summed E-state index contributed by atoms with van der Waals surface area (Å²) in [4.78, 5) is 8.12. The third-order valence-corrected chi connectivity index (χ3v) is 2.28. The molecule has 4 nitrogen and oxygen atoms in total. The molecule has 1 heterocycles. The van der Waals surface area contributed by atoms with Crippen molar-refractivity contribution in [2.45, 2.75) is 6.92 Å². The minimum atomic E-state index is -0.272. The van der Waals surface area contributed by atoms with Crippen LogP contribution in [0.2, 0.25) is 0 Å². The molecule has 0 radical (unpaired) electrons. The lowest BCUT2D eigenvalue weighted by molar-refractivity contribution is 0.619. The van der Waals surface area contributed by atoms with Gasteiger partial charge in [-0.2, -0.15) is 0 Å². The van der Waals surface area contributed by atoms with Gasteiger partial charge in [-0.3, -0.25) is 4.98 Å². The summed E-state index contributed by atoms with van der Waals surface area (Å²) in [5.41, 5.74) is 4.20. The van der Waals surface area contributed by atoms with Gasteiger partial charge in [-0.05, 0) is 18.6 Å². The highest BCUT2D eigenvalue weighted by atomic mass is 19.1. The summed E-state index contributed by atoms with van der Waals surface area (Å²) >= 11 is 0. The van der Waals surface area contributed by atoms with Crippen LogP contribution in [0.25, 0.3) is 11.3 Å². The van der Waals surface area contributed by atoms with Gasteiger partial charge in [-0.1, -0.05) is 12.1 Å². The van der Waals surface area contributed by atoms with Crippen LogP contribution < -0.4 is 11.3 Å². The zero-order valence-electron chi connectivity index (χ0n) is 8.74. The molecule has 5 heteroatoms. The van der Waals surface area contributed by atoms with E-state index in [0.717, 1.165) is 0 Å². The van der Waals surface area contributed by atoms with E-state index >= 15 is 0 Å². The van der Waals surface area contributed by atoms with Crippen molar-refractivity contribution in [3.05, 3.63) is 42.0 Å². The molecule has 82 valence electrons. The number of benzene rings is 1. The van der Waals surface area contributed by atoms with Crippen LogP contribution in [0.5, 0.6) is 0 Å². The Kier molecular flexibility index (Phi) is 2.78. The van der Waals surface area contributed by atoms with Crippen molar-refractivity contribution in [2.75, 3.05) is 5.43 Å². The van der Waals surface area contributed by atoms with Gasteiger partial charge >= 0.3 is 0 Å². The molecule has 2 rings (SSSR count). The zero-order valence-corrected chi connectivity index (χ0v) is 8.74. The fourth-order valence-electron chi connectivity index (χ4n) is 1.40. The Morgan fingerprint density at radius 1 is 1.25 bits per heavy atom. The number of nitrogen functional groups attached to an aromatic ring is 1. The van der Waals surface area contributed by atoms with E-state index in [1.807, 2.05) is 0 Å². The van der Waals surface area contributed by atoms with Crippen molar-refractivity contribution in [2.24, 2.45) is 5.84 Å². The number of anilines is 1. The highest BCUT2D eigenvalue weighted by Crippen LogP contribution is 2.24. The molecule has 0 aliphatic carbocycles. The number of hydrazine groups is 1. The molecule has 0 aliphatic heterocycles. The van der Waals surface area contributed by atoms with Crippen LogP contribution in [0, 0.1) is 12.7 Å². The fourth-order valence-corrected chi connectivity index (χ4v) is 1.40. The van der Waals surface area contributed by atoms with Gasteiger partial charge in [0.15, 0.2) is 5.82 Å². The topological polar surface area (TPSA) is 63.8 Å². The van der Waals surface area contributed by atoms with Gasteiger partial charge in [0.2, 0.25) is 0 Å². The Hall–Kier alpha value is -2.01. The number of hydrogen-bond acceptors (Lipinski definition) is 4. The van der Waals surface area contributed by atoms with Crippen LogP contribution >= 0.6 is 0 Å². The number of rotatable bonds is 2. The maximum absolute atomic E-state index is 13.4. The Balaban J connectivity index is 2.54. The predicted octanol–water partition coefficient (Wildman–Crippen LogP) is 1.88. The van der Waals surface area contributed by atoms with Crippen LogP contribution in [0.15, 0.2) is 30.6 Å². The van der Waals surface area contributed by atoms with E-state index < -0.39 is 0 Å². The second kappa shape index (κ2) is 4.24. The first-order chi connectivity index (χ1) is 7.72. The van der Waals surface area contributed by atoms with E-state index in [4.69, 9.17) is 5.84 Å². The summed E-state index contributed by atoms with van der Waals surface area (Å²) in [6.07, 6.45) is 3.05. The summed E-state index contributed by atoms with van der Waals surface area (Å²) in [5, 5.41) is 0. The number of hydrogen-bond donors (Lipinski definition) is 2. The molecule has 2 aromatic rings. The van der Waals surface area contributed by atoms with Crippen molar-refractivity contribution in [3.8, 4) is 11.3 Å². The zero-order chi connectivity index (χ0) is 11.5. The van der Waals surface area contributed by atoms with Crippen molar-refractivity contribution < 1.29 is 4.39 Å². The normalized spacial score (nSPS) is 10.2. The molecule has 1 aromatic heterocycles. The number of aromatic nitrogens is 2. The van der Waals surface area contributed by atoms with E-state index in [2.05, 4.69) is 15.4 Å². The van der Waals surface area contributed by atoms with Crippen LogP contribution in [0.4, 0.5) is 10.2 Å². The van der Waals surface area contributed by atoms with Crippen molar-refractivity contribution in [3.63, 3.8) is 0 Å². The second-order valence-electron chi connectivity index (χ2n) is 3.36. The third kappa shape index (κ3) is 1.85. The summed E-state index contributed by atoms with van der Waals surface area (Å²) in [7, 11) is 0. The van der Waals surface area contributed by atoms with Gasteiger partial charge in [0.1, 0.15) is 11.5 Å². The Morgan fingerprint density at radius 3 is 2.69 bits per heavy atom. The van der Waals surface area contributed by atoms with Gasteiger partial charge in [0, 0.05) is 18.0 Å². The molecule has 1 aromatic carbocycles. The molecule has 3 N–H and O–H groups in total. The number of nitrogens with two attached hydrogens (primary N) is 1. The van der Waals surface area contributed by atoms with Crippen molar-refractivity contribution >= 4 is 5.82 Å².